The van der Waals surface area contributed by atoms with Crippen LogP contribution in [0.15, 0.2) is 0 Å². The monoisotopic (exact) mass is 247 g/mol. The van der Waals surface area contributed by atoms with E-state index in [1.54, 1.807) is 0 Å². The van der Waals surface area contributed by atoms with Gasteiger partial charge < -0.3 is 0 Å². The van der Waals surface area contributed by atoms with Gasteiger partial charge in [-0.2, -0.15) is 0 Å². The van der Waals surface area contributed by atoms with E-state index < -0.39 is 0 Å². The third-order valence-corrected chi connectivity index (χ3v) is 4.01. The van der Waals surface area contributed by atoms with Gasteiger partial charge in [-0.3, -0.25) is 4.90 Å². The fraction of sp³-hybridized carbons (Fsp3) is 1.00. The maximum Gasteiger partial charge on any atom is 0.0195 e. The summed E-state index contributed by atoms with van der Waals surface area (Å²) in [4.78, 5) is 2.72. The molecule has 0 saturated carbocycles. The maximum atomic E-state index is 3.64. The first-order chi connectivity index (χ1) is 6.33. The zero-order valence-electron chi connectivity index (χ0n) is 8.93. The second-order valence-corrected chi connectivity index (χ2v) is 4.66. The smallest absolute Gasteiger partial charge is 0.0195 e. The van der Waals surface area contributed by atoms with E-state index in [0.717, 1.165) is 17.4 Å². The van der Waals surface area contributed by atoms with Gasteiger partial charge in [0.1, 0.15) is 0 Å². The van der Waals surface area contributed by atoms with Crippen molar-refractivity contribution >= 4 is 15.9 Å². The second-order valence-electron chi connectivity index (χ2n) is 4.01. The molecule has 0 spiro atoms. The first kappa shape index (κ1) is 11.5. The summed E-state index contributed by atoms with van der Waals surface area (Å²) in [6, 6.07) is 1.63. The van der Waals surface area contributed by atoms with Crippen LogP contribution in [-0.4, -0.2) is 28.9 Å². The van der Waals surface area contributed by atoms with Gasteiger partial charge in [0, 0.05) is 17.4 Å². The van der Waals surface area contributed by atoms with Crippen LogP contribution in [0, 0.1) is 0 Å². The first-order valence-electron chi connectivity index (χ1n) is 5.65. The quantitative estimate of drug-likeness (QED) is 0.689. The molecule has 1 saturated heterocycles. The number of nitrogens with zero attached hydrogens (tertiary/aromatic N) is 1. The Balaban J connectivity index is 2.51. The van der Waals surface area contributed by atoms with E-state index in [1.165, 1.54) is 38.6 Å². The van der Waals surface area contributed by atoms with Gasteiger partial charge in [0.25, 0.3) is 0 Å². The van der Waals surface area contributed by atoms with Crippen LogP contribution in [0.4, 0.5) is 0 Å². The molecule has 1 aliphatic rings. The van der Waals surface area contributed by atoms with Crippen molar-refractivity contribution in [1.82, 2.24) is 4.90 Å². The average molecular weight is 248 g/mol. The summed E-state index contributed by atoms with van der Waals surface area (Å²) in [6.45, 7) is 5.95. The van der Waals surface area contributed by atoms with Crippen LogP contribution in [0.2, 0.25) is 0 Å². The van der Waals surface area contributed by atoms with Crippen LogP contribution in [0.5, 0.6) is 0 Å². The lowest BCUT2D eigenvalue weighted by molar-refractivity contribution is 0.103. The molecule has 0 N–H and O–H groups in total. The lowest BCUT2D eigenvalue weighted by Crippen LogP contribution is -2.46. The van der Waals surface area contributed by atoms with E-state index in [-0.39, 0.29) is 0 Å². The topological polar surface area (TPSA) is 3.24 Å². The summed E-state index contributed by atoms with van der Waals surface area (Å²) in [6.07, 6.45) is 6.83. The molecule has 1 atom stereocenters. The summed E-state index contributed by atoms with van der Waals surface area (Å²) < 4.78 is 0. The fourth-order valence-electron chi connectivity index (χ4n) is 2.43. The Morgan fingerprint density at radius 2 is 2.00 bits per heavy atom. The molecule has 1 unspecified atom stereocenters. The first-order valence-corrected chi connectivity index (χ1v) is 6.77. The Kier molecular flexibility index (Phi) is 5.34. The zero-order chi connectivity index (χ0) is 9.68. The third-order valence-electron chi connectivity index (χ3n) is 3.26. The van der Waals surface area contributed by atoms with Crippen molar-refractivity contribution < 1.29 is 0 Å². The fourth-order valence-corrected chi connectivity index (χ4v) is 3.12. The lowest BCUT2D eigenvalue weighted by Gasteiger charge is -2.40. The molecule has 0 radical (unpaired) electrons. The molecule has 1 nitrogen and oxygen atoms in total. The highest BCUT2D eigenvalue weighted by Gasteiger charge is 2.25. The SMILES string of the molecule is CCC(CC)N1CCCCC1CBr. The number of hydrogen-bond acceptors (Lipinski definition) is 1. The number of alkyl halides is 1. The minimum absolute atomic E-state index is 0.804. The average Bonchev–Trinajstić information content (AvgIpc) is 2.20. The van der Waals surface area contributed by atoms with Crippen molar-refractivity contribution in [3.8, 4) is 0 Å². The summed E-state index contributed by atoms with van der Waals surface area (Å²) in [5.74, 6) is 0. The van der Waals surface area contributed by atoms with E-state index in [4.69, 9.17) is 0 Å². The van der Waals surface area contributed by atoms with Crippen LogP contribution in [0.3, 0.4) is 0 Å². The van der Waals surface area contributed by atoms with Crippen molar-refractivity contribution in [3.63, 3.8) is 0 Å². The molecule has 1 fully saturated rings. The minimum atomic E-state index is 0.804. The van der Waals surface area contributed by atoms with Gasteiger partial charge in [0.15, 0.2) is 0 Å². The van der Waals surface area contributed by atoms with Crippen molar-refractivity contribution in [2.24, 2.45) is 0 Å². The number of halogens is 1. The summed E-state index contributed by atoms with van der Waals surface area (Å²) in [5.41, 5.74) is 0. The largest absolute Gasteiger partial charge is 0.297 e. The van der Waals surface area contributed by atoms with Gasteiger partial charge in [0.2, 0.25) is 0 Å². The molecule has 0 aromatic heterocycles. The highest BCUT2D eigenvalue weighted by atomic mass is 79.9. The van der Waals surface area contributed by atoms with Gasteiger partial charge in [0.05, 0.1) is 0 Å². The van der Waals surface area contributed by atoms with Crippen LogP contribution >= 0.6 is 15.9 Å². The third kappa shape index (κ3) is 2.95. The van der Waals surface area contributed by atoms with Crippen molar-refractivity contribution in [2.45, 2.75) is 58.0 Å². The molecule has 0 aromatic rings. The van der Waals surface area contributed by atoms with E-state index in [9.17, 15) is 0 Å². The Bertz CT molecular complexity index is 127. The van der Waals surface area contributed by atoms with Crippen molar-refractivity contribution in [2.75, 3.05) is 11.9 Å². The van der Waals surface area contributed by atoms with E-state index >= 15 is 0 Å². The van der Waals surface area contributed by atoms with Crippen LogP contribution in [0.1, 0.15) is 46.0 Å². The summed E-state index contributed by atoms with van der Waals surface area (Å²) in [7, 11) is 0. The normalized spacial score (nSPS) is 25.4. The van der Waals surface area contributed by atoms with Crippen LogP contribution in [-0.2, 0) is 0 Å². The molecule has 0 aromatic carbocycles. The highest BCUT2D eigenvalue weighted by Crippen LogP contribution is 2.23. The predicted molar refractivity (Wildman–Crippen MR) is 62.5 cm³/mol. The molecule has 78 valence electrons. The maximum absolute atomic E-state index is 3.64. The van der Waals surface area contributed by atoms with Crippen molar-refractivity contribution in [1.29, 1.82) is 0 Å². The second kappa shape index (κ2) is 6.02. The molecular formula is C11H22BrN. The molecule has 1 heterocycles. The number of hydrogen-bond donors (Lipinski definition) is 0. The van der Waals surface area contributed by atoms with E-state index in [1.807, 2.05) is 0 Å². The zero-order valence-corrected chi connectivity index (χ0v) is 10.5. The molecular weight excluding hydrogens is 226 g/mol. The summed E-state index contributed by atoms with van der Waals surface area (Å²) in [5, 5.41) is 1.16. The molecule has 0 amide bonds. The lowest BCUT2D eigenvalue weighted by atomic mass is 9.99. The van der Waals surface area contributed by atoms with Gasteiger partial charge in [-0.25, -0.2) is 0 Å². The van der Waals surface area contributed by atoms with Gasteiger partial charge in [-0.15, -0.1) is 0 Å². The molecule has 0 aliphatic carbocycles. The summed E-state index contributed by atoms with van der Waals surface area (Å²) >= 11 is 3.64. The Labute approximate surface area is 91.0 Å². The minimum Gasteiger partial charge on any atom is -0.297 e. The Morgan fingerprint density at radius 1 is 1.31 bits per heavy atom. The number of likely N-dealkylation sites (tertiary alicyclic amines) is 1. The van der Waals surface area contributed by atoms with E-state index in [0.29, 0.717) is 0 Å². The van der Waals surface area contributed by atoms with Gasteiger partial charge in [-0.05, 0) is 32.2 Å². The highest BCUT2D eigenvalue weighted by molar-refractivity contribution is 9.09. The van der Waals surface area contributed by atoms with Crippen molar-refractivity contribution in [3.05, 3.63) is 0 Å². The Morgan fingerprint density at radius 3 is 2.54 bits per heavy atom. The molecule has 1 rings (SSSR count). The number of piperidine rings is 1. The van der Waals surface area contributed by atoms with Crippen LogP contribution < -0.4 is 0 Å². The standard InChI is InChI=1S/C11H22BrN/c1-3-10(4-2)13-8-6-5-7-11(13)9-12/h10-11H,3-9H2,1-2H3. The number of rotatable bonds is 4. The van der Waals surface area contributed by atoms with Gasteiger partial charge in [-0.1, -0.05) is 36.2 Å². The van der Waals surface area contributed by atoms with Crippen LogP contribution in [0.25, 0.3) is 0 Å². The van der Waals surface area contributed by atoms with E-state index in [2.05, 4.69) is 34.7 Å². The molecule has 2 heteroatoms. The van der Waals surface area contributed by atoms with Gasteiger partial charge >= 0.3 is 0 Å². The molecule has 1 aliphatic heterocycles. The molecule has 0 bridgehead atoms. The molecule has 13 heavy (non-hydrogen) atoms. The Hall–Kier alpha value is 0.440. The predicted octanol–water partition coefficient (Wildman–Crippen LogP) is 3.42.